The first-order valence-electron chi connectivity index (χ1n) is 5.10. The van der Waals surface area contributed by atoms with Gasteiger partial charge in [-0.2, -0.15) is 18.2 Å². The van der Waals surface area contributed by atoms with Gasteiger partial charge < -0.3 is 10.5 Å². The number of hydrogen-bond acceptors (Lipinski definition) is 4. The molecule has 0 unspecified atom stereocenters. The smallest absolute Gasteiger partial charge is 0.433 e. The Labute approximate surface area is 118 Å². The van der Waals surface area contributed by atoms with Crippen LogP contribution in [-0.4, -0.2) is 9.97 Å². The van der Waals surface area contributed by atoms with Crippen molar-refractivity contribution in [3.63, 3.8) is 0 Å². The Morgan fingerprint density at radius 3 is 2.45 bits per heavy atom. The van der Waals surface area contributed by atoms with E-state index in [1.54, 1.807) is 0 Å². The molecule has 0 radical (unpaired) electrons. The summed E-state index contributed by atoms with van der Waals surface area (Å²) in [5.41, 5.74) is 3.90. The second-order valence-corrected chi connectivity index (χ2v) is 4.54. The molecule has 0 aliphatic carbocycles. The Balaban J connectivity index is 2.36. The average molecular weight is 352 g/mol. The molecule has 9 heteroatoms. The lowest BCUT2D eigenvalue weighted by Gasteiger charge is -2.10. The maximum absolute atomic E-state index is 13.5. The molecular formula is C11H6BrF4N3O. The molecule has 106 valence electrons. The number of benzene rings is 1. The third-order valence-corrected chi connectivity index (χ3v) is 2.61. The first-order chi connectivity index (χ1) is 9.25. The third kappa shape index (κ3) is 3.35. The van der Waals surface area contributed by atoms with Gasteiger partial charge in [0.05, 0.1) is 0 Å². The summed E-state index contributed by atoms with van der Waals surface area (Å²) < 4.78 is 56.5. The summed E-state index contributed by atoms with van der Waals surface area (Å²) >= 11 is 3.04. The van der Waals surface area contributed by atoms with Gasteiger partial charge in [-0.3, -0.25) is 0 Å². The van der Waals surface area contributed by atoms with Gasteiger partial charge in [0.1, 0.15) is 0 Å². The lowest BCUT2D eigenvalue weighted by Crippen LogP contribution is -2.11. The zero-order chi connectivity index (χ0) is 14.9. The largest absolute Gasteiger partial charge is 0.436 e. The van der Waals surface area contributed by atoms with Crippen LogP contribution in [0.4, 0.5) is 23.5 Å². The highest BCUT2D eigenvalue weighted by molar-refractivity contribution is 9.10. The van der Waals surface area contributed by atoms with Crippen molar-refractivity contribution in [3.8, 4) is 11.6 Å². The van der Waals surface area contributed by atoms with Gasteiger partial charge in [-0.15, -0.1) is 0 Å². The van der Waals surface area contributed by atoms with Crippen molar-refractivity contribution in [2.45, 2.75) is 6.18 Å². The van der Waals surface area contributed by atoms with Crippen molar-refractivity contribution in [2.75, 3.05) is 5.73 Å². The van der Waals surface area contributed by atoms with Gasteiger partial charge in [0.2, 0.25) is 11.8 Å². The van der Waals surface area contributed by atoms with Crippen LogP contribution in [0.1, 0.15) is 5.69 Å². The van der Waals surface area contributed by atoms with Crippen LogP contribution in [0.3, 0.4) is 0 Å². The minimum absolute atomic E-state index is 0.278. The first kappa shape index (κ1) is 14.5. The predicted octanol–water partition coefficient (Wildman–Crippen LogP) is 3.77. The van der Waals surface area contributed by atoms with E-state index < -0.39 is 29.5 Å². The fourth-order valence-electron chi connectivity index (χ4n) is 1.31. The molecule has 1 aromatic heterocycles. The molecule has 0 spiro atoms. The molecule has 0 fully saturated rings. The van der Waals surface area contributed by atoms with Gasteiger partial charge in [0.15, 0.2) is 17.3 Å². The van der Waals surface area contributed by atoms with Crippen LogP contribution < -0.4 is 10.5 Å². The molecule has 0 amide bonds. The van der Waals surface area contributed by atoms with Gasteiger partial charge in [-0.1, -0.05) is 15.9 Å². The van der Waals surface area contributed by atoms with Crippen LogP contribution in [0.2, 0.25) is 0 Å². The minimum Gasteiger partial charge on any atom is -0.436 e. The highest BCUT2D eigenvalue weighted by atomic mass is 79.9. The monoisotopic (exact) mass is 351 g/mol. The molecule has 0 aliphatic heterocycles. The van der Waals surface area contributed by atoms with Crippen molar-refractivity contribution < 1.29 is 22.3 Å². The Kier molecular flexibility index (Phi) is 3.80. The highest BCUT2D eigenvalue weighted by Gasteiger charge is 2.34. The molecular weight excluding hydrogens is 346 g/mol. The lowest BCUT2D eigenvalue weighted by molar-refractivity contribution is -0.141. The Morgan fingerprint density at radius 2 is 1.85 bits per heavy atom. The molecule has 1 aromatic carbocycles. The maximum atomic E-state index is 13.5. The predicted molar refractivity (Wildman–Crippen MR) is 65.6 cm³/mol. The van der Waals surface area contributed by atoms with Crippen LogP contribution >= 0.6 is 15.9 Å². The van der Waals surface area contributed by atoms with Crippen molar-refractivity contribution in [3.05, 3.63) is 40.2 Å². The van der Waals surface area contributed by atoms with Gasteiger partial charge in [0.25, 0.3) is 0 Å². The first-order valence-corrected chi connectivity index (χ1v) is 5.89. The second kappa shape index (κ2) is 5.23. The van der Waals surface area contributed by atoms with Gasteiger partial charge in [-0.05, 0) is 18.2 Å². The Bertz CT molecular complexity index is 648. The number of nitrogens with zero attached hydrogens (tertiary/aromatic N) is 2. The molecule has 4 nitrogen and oxygen atoms in total. The van der Waals surface area contributed by atoms with Crippen molar-refractivity contribution in [1.29, 1.82) is 0 Å². The van der Waals surface area contributed by atoms with E-state index in [-0.39, 0.29) is 5.75 Å². The normalized spacial score (nSPS) is 11.4. The number of alkyl halides is 3. The van der Waals surface area contributed by atoms with E-state index in [0.717, 1.165) is 6.07 Å². The van der Waals surface area contributed by atoms with Crippen molar-refractivity contribution >= 4 is 21.9 Å². The molecule has 20 heavy (non-hydrogen) atoms. The topological polar surface area (TPSA) is 61.0 Å². The molecule has 2 rings (SSSR count). The molecule has 0 saturated heterocycles. The third-order valence-electron chi connectivity index (χ3n) is 2.12. The van der Waals surface area contributed by atoms with Crippen molar-refractivity contribution in [2.24, 2.45) is 0 Å². The van der Waals surface area contributed by atoms with E-state index in [1.807, 2.05) is 0 Å². The molecule has 1 heterocycles. The molecule has 0 atom stereocenters. The molecule has 2 N–H and O–H groups in total. The molecule has 2 aromatic rings. The summed E-state index contributed by atoms with van der Waals surface area (Å²) in [6.45, 7) is 0. The van der Waals surface area contributed by atoms with Crippen LogP contribution in [0.25, 0.3) is 0 Å². The van der Waals surface area contributed by atoms with Crippen LogP contribution in [0, 0.1) is 5.82 Å². The van der Waals surface area contributed by atoms with E-state index in [2.05, 4.69) is 25.9 Å². The zero-order valence-electron chi connectivity index (χ0n) is 9.58. The number of halogens is 5. The summed E-state index contributed by atoms with van der Waals surface area (Å²) in [5, 5.41) is 0. The number of nitrogens with two attached hydrogens (primary N) is 1. The van der Waals surface area contributed by atoms with E-state index in [4.69, 9.17) is 10.5 Å². The summed E-state index contributed by atoms with van der Waals surface area (Å²) in [6, 6.07) is 4.35. The maximum Gasteiger partial charge on any atom is 0.433 e. The Morgan fingerprint density at radius 1 is 1.15 bits per heavy atom. The van der Waals surface area contributed by atoms with Gasteiger partial charge >= 0.3 is 6.18 Å². The van der Waals surface area contributed by atoms with Crippen LogP contribution in [0.5, 0.6) is 11.6 Å². The summed E-state index contributed by atoms with van der Waals surface area (Å²) in [4.78, 5) is 6.52. The molecule has 0 bridgehead atoms. The number of hydrogen-bond donors (Lipinski definition) is 1. The van der Waals surface area contributed by atoms with E-state index in [9.17, 15) is 17.6 Å². The standard InChI is InChI=1S/C11H6BrF4N3O/c12-5-1-2-7(6(13)3-5)20-9-4-8(11(14,15)16)18-10(17)19-9/h1-4H,(H2,17,18,19). The zero-order valence-corrected chi connectivity index (χ0v) is 11.2. The fraction of sp³-hybridized carbons (Fsp3) is 0.0909. The van der Waals surface area contributed by atoms with Gasteiger partial charge in [-0.25, -0.2) is 9.37 Å². The summed E-state index contributed by atoms with van der Waals surface area (Å²) in [6.07, 6.45) is -4.70. The highest BCUT2D eigenvalue weighted by Crippen LogP contribution is 2.32. The second-order valence-electron chi connectivity index (χ2n) is 3.62. The van der Waals surface area contributed by atoms with Gasteiger partial charge in [0, 0.05) is 10.5 Å². The molecule has 0 saturated carbocycles. The number of ether oxygens (including phenoxy) is 1. The summed E-state index contributed by atoms with van der Waals surface area (Å²) in [5.74, 6) is -2.15. The quantitative estimate of drug-likeness (QED) is 0.836. The number of anilines is 1. The Hall–Kier alpha value is -1.90. The minimum atomic E-state index is -4.70. The van der Waals surface area contributed by atoms with Crippen LogP contribution in [-0.2, 0) is 6.18 Å². The SMILES string of the molecule is Nc1nc(Oc2ccc(Br)cc2F)cc(C(F)(F)F)n1. The number of aromatic nitrogens is 2. The lowest BCUT2D eigenvalue weighted by atomic mass is 10.3. The number of rotatable bonds is 2. The van der Waals surface area contributed by atoms with Crippen molar-refractivity contribution in [1.82, 2.24) is 9.97 Å². The fourth-order valence-corrected chi connectivity index (χ4v) is 1.64. The van der Waals surface area contributed by atoms with E-state index in [1.165, 1.54) is 12.1 Å². The summed E-state index contributed by atoms with van der Waals surface area (Å²) in [7, 11) is 0. The molecule has 0 aliphatic rings. The average Bonchev–Trinajstić information content (AvgIpc) is 2.31. The number of nitrogen functional groups attached to an aromatic ring is 1. The van der Waals surface area contributed by atoms with Crippen LogP contribution in [0.15, 0.2) is 28.7 Å². The van der Waals surface area contributed by atoms with E-state index in [0.29, 0.717) is 10.5 Å². The van der Waals surface area contributed by atoms with E-state index >= 15 is 0 Å².